The summed E-state index contributed by atoms with van der Waals surface area (Å²) in [6.45, 7) is 0.394. The average Bonchev–Trinajstić information content (AvgIpc) is 2.76. The zero-order chi connectivity index (χ0) is 23.6. The molecule has 9 heteroatoms. The molecule has 33 heavy (non-hydrogen) atoms. The number of alkyl halides is 3. The normalized spacial score (nSPS) is 13.9. The van der Waals surface area contributed by atoms with Crippen molar-refractivity contribution in [1.82, 2.24) is 4.98 Å². The predicted molar refractivity (Wildman–Crippen MR) is 123 cm³/mol. The number of anilines is 3. The maximum atomic E-state index is 13.2. The van der Waals surface area contributed by atoms with Crippen LogP contribution in [0.5, 0.6) is 0 Å². The third kappa shape index (κ3) is 4.93. The number of carbonyl (C=O) groups is 1. The minimum absolute atomic E-state index is 0.0973. The molecule has 1 aliphatic rings. The van der Waals surface area contributed by atoms with Gasteiger partial charge in [0.1, 0.15) is 0 Å². The molecule has 0 saturated heterocycles. The number of rotatable bonds is 5. The minimum atomic E-state index is -4.47. The van der Waals surface area contributed by atoms with E-state index in [0.29, 0.717) is 17.9 Å². The Kier molecular flexibility index (Phi) is 6.24. The second-order valence-corrected chi connectivity index (χ2v) is 7.97. The summed E-state index contributed by atoms with van der Waals surface area (Å²) < 4.78 is 39.5. The fraction of sp³-hybridized carbons (Fsp3) is 0.250. The molecular weight excluding hydrogens is 431 g/mol. The Labute approximate surface area is 189 Å². The van der Waals surface area contributed by atoms with Gasteiger partial charge in [-0.3, -0.25) is 4.90 Å². The molecule has 3 aromatic rings. The van der Waals surface area contributed by atoms with Gasteiger partial charge >= 0.3 is 12.2 Å². The number of benzene rings is 2. The second-order valence-electron chi connectivity index (χ2n) is 7.97. The molecule has 172 valence electrons. The predicted octanol–water partition coefficient (Wildman–Crippen LogP) is 5.40. The Morgan fingerprint density at radius 3 is 2.42 bits per heavy atom. The second kappa shape index (κ2) is 9.11. The largest absolute Gasteiger partial charge is 0.416 e. The molecular formula is C24H24F3N5O. The highest BCUT2D eigenvalue weighted by atomic mass is 19.4. The van der Waals surface area contributed by atoms with E-state index in [1.54, 1.807) is 30.3 Å². The van der Waals surface area contributed by atoms with Crippen LogP contribution in [0.25, 0.3) is 11.3 Å². The number of pyridine rings is 1. The van der Waals surface area contributed by atoms with Gasteiger partial charge in [0.25, 0.3) is 0 Å². The van der Waals surface area contributed by atoms with Crippen LogP contribution < -0.4 is 21.7 Å². The van der Waals surface area contributed by atoms with Crippen LogP contribution in [0.15, 0.2) is 60.7 Å². The Bertz CT molecular complexity index is 1140. The molecule has 1 aliphatic carbocycles. The summed E-state index contributed by atoms with van der Waals surface area (Å²) in [5.41, 5.74) is 13.4. The van der Waals surface area contributed by atoms with Gasteiger partial charge in [-0.1, -0.05) is 24.3 Å². The lowest BCUT2D eigenvalue weighted by Crippen LogP contribution is -2.47. The number of urea groups is 1. The molecule has 0 unspecified atom stereocenters. The van der Waals surface area contributed by atoms with Gasteiger partial charge in [-0.25, -0.2) is 9.78 Å². The van der Waals surface area contributed by atoms with E-state index in [1.165, 1.54) is 11.0 Å². The molecule has 0 bridgehead atoms. The zero-order valence-corrected chi connectivity index (χ0v) is 17.8. The van der Waals surface area contributed by atoms with E-state index >= 15 is 0 Å². The summed E-state index contributed by atoms with van der Waals surface area (Å²) in [6.07, 6.45) is -1.93. The van der Waals surface area contributed by atoms with E-state index in [4.69, 9.17) is 11.5 Å². The van der Waals surface area contributed by atoms with Gasteiger partial charge in [0, 0.05) is 23.8 Å². The van der Waals surface area contributed by atoms with Crippen LogP contribution in [-0.2, 0) is 12.7 Å². The summed E-state index contributed by atoms with van der Waals surface area (Å²) in [6, 6.07) is 14.7. The van der Waals surface area contributed by atoms with E-state index < -0.39 is 17.8 Å². The number of halogens is 3. The Hall–Kier alpha value is -3.59. The van der Waals surface area contributed by atoms with Crippen LogP contribution in [0.3, 0.4) is 0 Å². The van der Waals surface area contributed by atoms with Crippen LogP contribution in [0.4, 0.5) is 35.2 Å². The number of nitrogens with zero attached hydrogens (tertiary/aromatic N) is 2. The van der Waals surface area contributed by atoms with E-state index in [-0.39, 0.29) is 23.1 Å². The van der Waals surface area contributed by atoms with Crippen molar-refractivity contribution >= 4 is 23.2 Å². The van der Waals surface area contributed by atoms with Crippen LogP contribution >= 0.6 is 0 Å². The van der Waals surface area contributed by atoms with Gasteiger partial charge in [-0.2, -0.15) is 13.2 Å². The number of nitrogen functional groups attached to an aromatic ring is 1. The van der Waals surface area contributed by atoms with Crippen molar-refractivity contribution in [2.75, 3.05) is 16.0 Å². The molecule has 0 spiro atoms. The molecule has 4 rings (SSSR count). The third-order valence-corrected chi connectivity index (χ3v) is 5.72. The highest BCUT2D eigenvalue weighted by molar-refractivity contribution is 6.03. The number of nitrogens with two attached hydrogens (primary N) is 2. The highest BCUT2D eigenvalue weighted by Gasteiger charge is 2.33. The molecule has 0 aliphatic heterocycles. The summed E-state index contributed by atoms with van der Waals surface area (Å²) in [5, 5.41) is 2.86. The number of carbonyl (C=O) groups excluding carboxylic acids is 1. The lowest BCUT2D eigenvalue weighted by Gasteiger charge is -2.37. The number of hydrogen-bond donors (Lipinski definition) is 3. The van der Waals surface area contributed by atoms with Crippen molar-refractivity contribution < 1.29 is 18.0 Å². The van der Waals surface area contributed by atoms with Gasteiger partial charge in [0.2, 0.25) is 0 Å². The van der Waals surface area contributed by atoms with Crippen LogP contribution in [0, 0.1) is 0 Å². The fourth-order valence-corrected chi connectivity index (χ4v) is 3.66. The first-order valence-electron chi connectivity index (χ1n) is 10.6. The van der Waals surface area contributed by atoms with Crippen molar-refractivity contribution in [2.24, 2.45) is 5.73 Å². The number of amides is 2. The topological polar surface area (TPSA) is 97.3 Å². The fourth-order valence-electron chi connectivity index (χ4n) is 3.66. The van der Waals surface area contributed by atoms with Crippen LogP contribution in [0.1, 0.15) is 30.4 Å². The molecule has 6 nitrogen and oxygen atoms in total. The molecule has 1 aromatic heterocycles. The lowest BCUT2D eigenvalue weighted by atomic mass is 9.91. The van der Waals surface area contributed by atoms with E-state index in [9.17, 15) is 18.0 Å². The first kappa shape index (κ1) is 22.6. The molecule has 0 atom stereocenters. The molecule has 0 radical (unpaired) electrons. The van der Waals surface area contributed by atoms with Gasteiger partial charge < -0.3 is 16.8 Å². The molecule has 5 N–H and O–H groups in total. The Morgan fingerprint density at radius 1 is 1.09 bits per heavy atom. The first-order valence-corrected chi connectivity index (χ1v) is 10.6. The van der Waals surface area contributed by atoms with Crippen molar-refractivity contribution in [3.63, 3.8) is 0 Å². The molecule has 1 heterocycles. The van der Waals surface area contributed by atoms with Crippen molar-refractivity contribution in [1.29, 1.82) is 0 Å². The summed E-state index contributed by atoms with van der Waals surface area (Å²) >= 11 is 0. The Morgan fingerprint density at radius 2 is 1.82 bits per heavy atom. The van der Waals surface area contributed by atoms with E-state index in [2.05, 4.69) is 10.3 Å². The van der Waals surface area contributed by atoms with Gasteiger partial charge in [-0.05, 0) is 61.2 Å². The summed E-state index contributed by atoms with van der Waals surface area (Å²) in [7, 11) is 0. The Balaban J connectivity index is 1.67. The molecule has 1 saturated carbocycles. The SMILES string of the molecule is NCc1ccc(NC(=O)N(c2nc(-c3cccc(C(F)(F)F)c3)ccc2N)C2CCC2)cc1. The zero-order valence-electron chi connectivity index (χ0n) is 17.8. The summed E-state index contributed by atoms with van der Waals surface area (Å²) in [4.78, 5) is 19.3. The molecule has 2 aromatic carbocycles. The van der Waals surface area contributed by atoms with E-state index in [0.717, 1.165) is 37.0 Å². The van der Waals surface area contributed by atoms with Gasteiger partial charge in [0.15, 0.2) is 5.82 Å². The molecule has 2 amide bonds. The van der Waals surface area contributed by atoms with Crippen molar-refractivity contribution in [2.45, 2.75) is 38.0 Å². The average molecular weight is 455 g/mol. The number of hydrogen-bond acceptors (Lipinski definition) is 4. The van der Waals surface area contributed by atoms with Crippen molar-refractivity contribution in [3.8, 4) is 11.3 Å². The van der Waals surface area contributed by atoms with Crippen LogP contribution in [-0.4, -0.2) is 17.1 Å². The van der Waals surface area contributed by atoms with Crippen molar-refractivity contribution in [3.05, 3.63) is 71.8 Å². The quantitative estimate of drug-likeness (QED) is 0.480. The van der Waals surface area contributed by atoms with Gasteiger partial charge in [0.05, 0.1) is 16.9 Å². The monoisotopic (exact) mass is 455 g/mol. The first-order chi connectivity index (χ1) is 15.8. The number of nitrogens with one attached hydrogen (secondary N) is 1. The lowest BCUT2D eigenvalue weighted by molar-refractivity contribution is -0.137. The maximum absolute atomic E-state index is 13.2. The third-order valence-electron chi connectivity index (χ3n) is 5.72. The van der Waals surface area contributed by atoms with E-state index in [1.807, 2.05) is 12.1 Å². The maximum Gasteiger partial charge on any atom is 0.416 e. The van der Waals surface area contributed by atoms with Gasteiger partial charge in [-0.15, -0.1) is 0 Å². The molecule has 1 fully saturated rings. The standard InChI is InChI=1S/C24H24F3N5O/c25-24(26,27)17-4-1-3-16(13-17)21-12-11-20(29)22(31-21)32(19-5-2-6-19)23(33)30-18-9-7-15(14-28)8-10-18/h1,3-4,7-13,19H,2,5-6,14,28-29H2,(H,30,33). The highest BCUT2D eigenvalue weighted by Crippen LogP contribution is 2.36. The summed E-state index contributed by atoms with van der Waals surface area (Å²) in [5.74, 6) is 0.227. The minimum Gasteiger partial charge on any atom is -0.396 e. The van der Waals surface area contributed by atoms with Crippen LogP contribution in [0.2, 0.25) is 0 Å². The number of aromatic nitrogens is 1. The smallest absolute Gasteiger partial charge is 0.396 e.